The van der Waals surface area contributed by atoms with Crippen LogP contribution < -0.4 is 4.13 Å². The van der Waals surface area contributed by atoms with Crippen LogP contribution >= 0.6 is 0 Å². The summed E-state index contributed by atoms with van der Waals surface area (Å²) in [5.74, 6) is 0. The first-order valence-corrected chi connectivity index (χ1v) is 7.39. The smallest absolute Gasteiger partial charge is 0.212 e. The molecule has 0 aliphatic carbocycles. The van der Waals surface area contributed by atoms with Crippen molar-refractivity contribution in [3.05, 3.63) is 29.8 Å². The van der Waals surface area contributed by atoms with Gasteiger partial charge in [-0.25, -0.2) is 16.8 Å². The third-order valence-corrected chi connectivity index (χ3v) is 4.77. The molecule has 84 valence electrons. The van der Waals surface area contributed by atoms with Crippen LogP contribution in [0.1, 0.15) is 5.56 Å². The second kappa shape index (κ2) is 3.92. The lowest BCUT2D eigenvalue weighted by molar-refractivity contribution is 0.580. The van der Waals surface area contributed by atoms with Crippen molar-refractivity contribution >= 4 is 20.0 Å². The molecule has 0 heterocycles. The molecular formula is C8H11NO4S2. The van der Waals surface area contributed by atoms with Gasteiger partial charge in [-0.3, -0.25) is 0 Å². The van der Waals surface area contributed by atoms with Crippen LogP contribution in [0.5, 0.6) is 0 Å². The molecule has 7 heteroatoms. The summed E-state index contributed by atoms with van der Waals surface area (Å²) < 4.78 is 46.4. The number of benzene rings is 1. The van der Waals surface area contributed by atoms with Crippen LogP contribution in [0.3, 0.4) is 0 Å². The van der Waals surface area contributed by atoms with E-state index in [1.807, 2.05) is 0 Å². The normalized spacial score (nSPS) is 12.7. The van der Waals surface area contributed by atoms with Crippen molar-refractivity contribution in [2.24, 2.45) is 0 Å². The third kappa shape index (κ3) is 3.29. The number of aryl methyl sites for hydroxylation is 1. The van der Waals surface area contributed by atoms with Crippen LogP contribution in [0, 0.1) is 6.92 Å². The van der Waals surface area contributed by atoms with Crippen LogP contribution in [0.25, 0.3) is 0 Å². The van der Waals surface area contributed by atoms with Crippen LogP contribution in [0.15, 0.2) is 29.2 Å². The molecule has 15 heavy (non-hydrogen) atoms. The minimum atomic E-state index is -3.99. The number of nitrogens with one attached hydrogen (secondary N) is 1. The molecule has 0 aliphatic rings. The Labute approximate surface area is 89.2 Å². The Kier molecular flexibility index (Phi) is 3.17. The molecule has 0 fully saturated rings. The van der Waals surface area contributed by atoms with Crippen LogP contribution in [0.2, 0.25) is 0 Å². The highest BCUT2D eigenvalue weighted by Gasteiger charge is 2.20. The van der Waals surface area contributed by atoms with Gasteiger partial charge in [0.25, 0.3) is 10.0 Å². The highest BCUT2D eigenvalue weighted by molar-refractivity contribution is 8.04. The first-order chi connectivity index (χ1) is 6.72. The molecule has 0 amide bonds. The number of rotatable bonds is 3. The first kappa shape index (κ1) is 12.2. The van der Waals surface area contributed by atoms with Gasteiger partial charge in [0.2, 0.25) is 10.0 Å². The molecule has 0 spiro atoms. The Balaban J connectivity index is 3.25. The van der Waals surface area contributed by atoms with Gasteiger partial charge in [-0.15, -0.1) is 4.13 Å². The van der Waals surface area contributed by atoms with Gasteiger partial charge in [0.15, 0.2) is 0 Å². The molecular weight excluding hydrogens is 238 g/mol. The SMILES string of the molecule is Cc1ccccc1S(=O)(=O)NS(C)(=O)=O. The molecule has 1 aromatic carbocycles. The Morgan fingerprint density at radius 1 is 1.07 bits per heavy atom. The van der Waals surface area contributed by atoms with E-state index in [2.05, 4.69) is 0 Å². The molecule has 0 saturated carbocycles. The standard InChI is InChI=1S/C8H11NO4S2/c1-7-5-3-4-6-8(7)15(12,13)9-14(2,10)11/h3-6,9H,1-2H3. The van der Waals surface area contributed by atoms with Gasteiger partial charge in [0.1, 0.15) is 0 Å². The van der Waals surface area contributed by atoms with E-state index in [1.165, 1.54) is 12.1 Å². The lowest BCUT2D eigenvalue weighted by Crippen LogP contribution is -2.29. The molecule has 0 aromatic heterocycles. The van der Waals surface area contributed by atoms with Crippen molar-refractivity contribution in [3.8, 4) is 0 Å². The van der Waals surface area contributed by atoms with Gasteiger partial charge < -0.3 is 0 Å². The molecule has 0 saturated heterocycles. The molecule has 0 radical (unpaired) electrons. The fraction of sp³-hybridized carbons (Fsp3) is 0.250. The van der Waals surface area contributed by atoms with Crippen LogP contribution in [-0.2, 0) is 20.0 Å². The van der Waals surface area contributed by atoms with Gasteiger partial charge >= 0.3 is 0 Å². The lowest BCUT2D eigenvalue weighted by Gasteiger charge is -2.06. The summed E-state index contributed by atoms with van der Waals surface area (Å²) in [7, 11) is -7.77. The zero-order chi connectivity index (χ0) is 11.7. The average molecular weight is 249 g/mol. The van der Waals surface area contributed by atoms with Gasteiger partial charge in [-0.1, -0.05) is 18.2 Å². The highest BCUT2D eigenvalue weighted by Crippen LogP contribution is 2.13. The topological polar surface area (TPSA) is 80.3 Å². The number of sulfonamides is 2. The van der Waals surface area contributed by atoms with Crippen molar-refractivity contribution < 1.29 is 16.8 Å². The molecule has 5 nitrogen and oxygen atoms in total. The monoisotopic (exact) mass is 249 g/mol. The third-order valence-electron chi connectivity index (χ3n) is 1.64. The van der Waals surface area contributed by atoms with E-state index in [0.29, 0.717) is 5.56 Å². The van der Waals surface area contributed by atoms with Gasteiger partial charge in [0, 0.05) is 0 Å². The van der Waals surface area contributed by atoms with Crippen molar-refractivity contribution in [1.29, 1.82) is 0 Å². The van der Waals surface area contributed by atoms with Gasteiger partial charge in [0.05, 0.1) is 11.2 Å². The van der Waals surface area contributed by atoms with E-state index in [9.17, 15) is 16.8 Å². The van der Waals surface area contributed by atoms with E-state index < -0.39 is 20.0 Å². The van der Waals surface area contributed by atoms with Crippen LogP contribution in [0.4, 0.5) is 0 Å². The molecule has 1 aromatic rings. The van der Waals surface area contributed by atoms with E-state index >= 15 is 0 Å². The summed E-state index contributed by atoms with van der Waals surface area (Å²) in [6.45, 7) is 1.59. The molecule has 1 rings (SSSR count). The minimum Gasteiger partial charge on any atom is -0.212 e. The zero-order valence-electron chi connectivity index (χ0n) is 8.26. The molecule has 0 aliphatic heterocycles. The predicted octanol–water partition coefficient (Wildman–Crippen LogP) is 0.233. The molecule has 1 N–H and O–H groups in total. The minimum absolute atomic E-state index is 0.0320. The van der Waals surface area contributed by atoms with Crippen molar-refractivity contribution in [1.82, 2.24) is 4.13 Å². The lowest BCUT2D eigenvalue weighted by atomic mass is 10.2. The summed E-state index contributed by atoms with van der Waals surface area (Å²) in [5, 5.41) is 0. The van der Waals surface area contributed by atoms with Crippen molar-refractivity contribution in [3.63, 3.8) is 0 Å². The van der Waals surface area contributed by atoms with Gasteiger partial charge in [-0.2, -0.15) is 0 Å². The Morgan fingerprint density at radius 3 is 2.07 bits per heavy atom. The molecule has 0 unspecified atom stereocenters. The highest BCUT2D eigenvalue weighted by atomic mass is 32.3. The number of hydrogen-bond acceptors (Lipinski definition) is 4. The van der Waals surface area contributed by atoms with E-state index in [1.54, 1.807) is 23.2 Å². The van der Waals surface area contributed by atoms with Gasteiger partial charge in [-0.05, 0) is 18.6 Å². The predicted molar refractivity (Wildman–Crippen MR) is 56.3 cm³/mol. The first-order valence-electron chi connectivity index (χ1n) is 4.01. The van der Waals surface area contributed by atoms with Crippen molar-refractivity contribution in [2.45, 2.75) is 11.8 Å². The Morgan fingerprint density at radius 2 is 1.60 bits per heavy atom. The molecule has 0 atom stereocenters. The van der Waals surface area contributed by atoms with Crippen molar-refractivity contribution in [2.75, 3.05) is 6.26 Å². The second-order valence-electron chi connectivity index (χ2n) is 3.12. The number of hydrogen-bond donors (Lipinski definition) is 1. The Hall–Kier alpha value is -0.920. The van der Waals surface area contributed by atoms with E-state index in [0.717, 1.165) is 6.26 Å². The largest absolute Gasteiger partial charge is 0.253 e. The summed E-state index contributed by atoms with van der Waals surface area (Å²) in [6, 6.07) is 6.15. The van der Waals surface area contributed by atoms with Crippen LogP contribution in [-0.4, -0.2) is 23.1 Å². The Bertz CT molecular complexity index is 560. The maximum Gasteiger partial charge on any atom is 0.253 e. The fourth-order valence-corrected chi connectivity index (χ4v) is 3.81. The molecule has 0 bridgehead atoms. The summed E-state index contributed by atoms with van der Waals surface area (Å²) in [4.78, 5) is -0.0320. The second-order valence-corrected chi connectivity index (χ2v) is 6.78. The maximum atomic E-state index is 11.6. The van der Waals surface area contributed by atoms with E-state index in [4.69, 9.17) is 0 Å². The fourth-order valence-electron chi connectivity index (χ4n) is 1.10. The summed E-state index contributed by atoms with van der Waals surface area (Å²) in [6.07, 6.45) is 0.794. The van der Waals surface area contributed by atoms with E-state index in [-0.39, 0.29) is 4.90 Å². The zero-order valence-corrected chi connectivity index (χ0v) is 9.89. The summed E-state index contributed by atoms with van der Waals surface area (Å²) >= 11 is 0. The average Bonchev–Trinajstić information content (AvgIpc) is 1.99. The quantitative estimate of drug-likeness (QED) is 0.831. The summed E-state index contributed by atoms with van der Waals surface area (Å²) in [5.41, 5.74) is 0.494. The maximum absolute atomic E-state index is 11.6.